The Morgan fingerprint density at radius 1 is 1.19 bits per heavy atom. The molecule has 2 atom stereocenters. The molecule has 0 radical (unpaired) electrons. The van der Waals surface area contributed by atoms with Gasteiger partial charge in [-0.3, -0.25) is 14.5 Å². The summed E-state index contributed by atoms with van der Waals surface area (Å²) < 4.78 is 5.39. The predicted molar refractivity (Wildman–Crippen MR) is 117 cm³/mol. The number of carbonyl (C=O) groups is 3. The van der Waals surface area contributed by atoms with Crippen LogP contribution in [0.3, 0.4) is 0 Å². The van der Waals surface area contributed by atoms with Gasteiger partial charge in [0, 0.05) is 32.4 Å². The molecule has 1 aromatic rings. The molecule has 3 fully saturated rings. The van der Waals surface area contributed by atoms with Gasteiger partial charge < -0.3 is 19.9 Å². The van der Waals surface area contributed by atoms with E-state index >= 15 is 0 Å². The minimum Gasteiger partial charge on any atom is -0.378 e. The summed E-state index contributed by atoms with van der Waals surface area (Å²) in [5.74, 6) is -0.414. The molecule has 1 spiro atoms. The highest BCUT2D eigenvalue weighted by Crippen LogP contribution is 2.38. The number of ether oxygens (including phenoxy) is 1. The molecule has 4 amide bonds. The molecule has 168 valence electrons. The molecule has 0 unspecified atom stereocenters. The summed E-state index contributed by atoms with van der Waals surface area (Å²) in [4.78, 5) is 43.3. The average Bonchev–Trinajstić information content (AvgIpc) is 3.01. The Morgan fingerprint density at radius 2 is 1.90 bits per heavy atom. The van der Waals surface area contributed by atoms with Crippen LogP contribution in [-0.2, 0) is 20.9 Å². The maximum absolute atomic E-state index is 13.1. The van der Waals surface area contributed by atoms with Gasteiger partial charge in [-0.15, -0.1) is 0 Å². The lowest BCUT2D eigenvalue weighted by molar-refractivity contribution is -0.140. The number of urea groups is 1. The van der Waals surface area contributed by atoms with Crippen LogP contribution in [-0.4, -0.2) is 73.1 Å². The molecule has 31 heavy (non-hydrogen) atoms. The molecule has 1 aromatic carbocycles. The van der Waals surface area contributed by atoms with Crippen LogP contribution in [0.25, 0.3) is 0 Å². The molecule has 2 aliphatic heterocycles. The predicted octanol–water partition coefficient (Wildman–Crippen LogP) is 1.98. The monoisotopic (exact) mass is 428 g/mol. The van der Waals surface area contributed by atoms with E-state index in [-0.39, 0.29) is 24.3 Å². The van der Waals surface area contributed by atoms with Crippen molar-refractivity contribution in [1.82, 2.24) is 15.1 Å². The van der Waals surface area contributed by atoms with Crippen molar-refractivity contribution in [1.29, 1.82) is 0 Å². The van der Waals surface area contributed by atoms with Crippen LogP contribution in [0.4, 0.5) is 10.5 Å². The van der Waals surface area contributed by atoms with Gasteiger partial charge >= 0.3 is 6.03 Å². The third kappa shape index (κ3) is 4.26. The maximum Gasteiger partial charge on any atom is 0.325 e. The molecule has 2 heterocycles. The fourth-order valence-electron chi connectivity index (χ4n) is 4.89. The fourth-order valence-corrected chi connectivity index (χ4v) is 4.89. The number of benzene rings is 1. The van der Waals surface area contributed by atoms with Gasteiger partial charge in [0.15, 0.2) is 0 Å². The van der Waals surface area contributed by atoms with Gasteiger partial charge in [0.2, 0.25) is 5.91 Å². The molecule has 1 aliphatic carbocycles. The molecule has 3 aliphatic rings. The van der Waals surface area contributed by atoms with Gasteiger partial charge in [0.1, 0.15) is 12.1 Å². The van der Waals surface area contributed by atoms with Crippen LogP contribution < -0.4 is 10.2 Å². The van der Waals surface area contributed by atoms with Crippen LogP contribution in [0.1, 0.15) is 38.2 Å². The zero-order chi connectivity index (χ0) is 22.0. The summed E-state index contributed by atoms with van der Waals surface area (Å²) in [6.07, 6.45) is 3.54. The summed E-state index contributed by atoms with van der Waals surface area (Å²) in [6, 6.07) is 7.70. The second-order valence-corrected chi connectivity index (χ2v) is 8.96. The van der Waals surface area contributed by atoms with Gasteiger partial charge in [-0.2, -0.15) is 0 Å². The highest BCUT2D eigenvalue weighted by molar-refractivity contribution is 6.09. The molecule has 8 nitrogen and oxygen atoms in total. The first-order chi connectivity index (χ1) is 14.9. The average molecular weight is 429 g/mol. The number of hydrogen-bond acceptors (Lipinski definition) is 5. The minimum atomic E-state index is -0.830. The van der Waals surface area contributed by atoms with Crippen LogP contribution in [0, 0.1) is 5.92 Å². The lowest BCUT2D eigenvalue weighted by Gasteiger charge is -2.36. The first-order valence-electron chi connectivity index (χ1n) is 11.2. The van der Waals surface area contributed by atoms with Gasteiger partial charge in [-0.1, -0.05) is 31.9 Å². The lowest BCUT2D eigenvalue weighted by Crippen LogP contribution is -2.54. The van der Waals surface area contributed by atoms with E-state index in [1.165, 1.54) is 0 Å². The summed E-state index contributed by atoms with van der Waals surface area (Å²) in [6.45, 7) is 5.45. The molecular weight excluding hydrogens is 396 g/mol. The molecule has 8 heteroatoms. The van der Waals surface area contributed by atoms with Crippen LogP contribution >= 0.6 is 0 Å². The summed E-state index contributed by atoms with van der Waals surface area (Å²) >= 11 is 0. The van der Waals surface area contributed by atoms with E-state index < -0.39 is 11.6 Å². The van der Waals surface area contributed by atoms with Crippen molar-refractivity contribution in [3.05, 3.63) is 29.8 Å². The molecule has 1 N–H and O–H groups in total. The van der Waals surface area contributed by atoms with E-state index in [2.05, 4.69) is 22.3 Å². The number of rotatable bonds is 5. The van der Waals surface area contributed by atoms with E-state index in [4.69, 9.17) is 4.74 Å². The van der Waals surface area contributed by atoms with Crippen molar-refractivity contribution in [3.63, 3.8) is 0 Å². The SMILES string of the molecule is C[C@@H]1CCCC[C@@]12NC(=O)N(CC(=O)N(C)Cc1ccc(N3CCOCC3)cc1)C2=O. The maximum atomic E-state index is 13.1. The summed E-state index contributed by atoms with van der Waals surface area (Å²) in [5.41, 5.74) is 1.32. The lowest BCUT2D eigenvalue weighted by atomic mass is 9.73. The Hall–Kier alpha value is -2.61. The number of hydrogen-bond donors (Lipinski definition) is 1. The highest BCUT2D eigenvalue weighted by Gasteiger charge is 2.55. The van der Waals surface area contributed by atoms with Crippen molar-refractivity contribution in [2.75, 3.05) is 44.8 Å². The molecule has 2 saturated heterocycles. The van der Waals surface area contributed by atoms with E-state index in [1.807, 2.05) is 19.1 Å². The Bertz CT molecular complexity index is 836. The smallest absolute Gasteiger partial charge is 0.325 e. The summed E-state index contributed by atoms with van der Waals surface area (Å²) in [7, 11) is 1.70. The highest BCUT2D eigenvalue weighted by atomic mass is 16.5. The molecule has 0 bridgehead atoms. The standard InChI is InChI=1S/C23H32N4O4/c1-17-5-3-4-10-23(17)21(29)27(22(30)24-23)16-20(28)25(2)15-18-6-8-19(9-7-18)26-11-13-31-14-12-26/h6-9,17H,3-5,10-16H2,1-2H3,(H,24,30)/t17-,23-/m1/s1. The van der Waals surface area contributed by atoms with Crippen LogP contribution in [0.5, 0.6) is 0 Å². The first-order valence-corrected chi connectivity index (χ1v) is 11.2. The van der Waals surface area contributed by atoms with Crippen molar-refractivity contribution in [3.8, 4) is 0 Å². The number of nitrogens with one attached hydrogen (secondary N) is 1. The third-order valence-corrected chi connectivity index (χ3v) is 6.95. The first kappa shape index (κ1) is 21.6. The van der Waals surface area contributed by atoms with E-state index in [0.717, 1.165) is 61.7 Å². The Kier molecular flexibility index (Phi) is 6.18. The third-order valence-electron chi connectivity index (χ3n) is 6.95. The Balaban J connectivity index is 1.35. The second kappa shape index (κ2) is 8.86. The van der Waals surface area contributed by atoms with E-state index in [1.54, 1.807) is 11.9 Å². The molecule has 1 saturated carbocycles. The van der Waals surface area contributed by atoms with Crippen LogP contribution in [0.2, 0.25) is 0 Å². The van der Waals surface area contributed by atoms with Gasteiger partial charge in [-0.05, 0) is 36.5 Å². The minimum absolute atomic E-state index is 0.0838. The Labute approximate surface area is 183 Å². The van der Waals surface area contributed by atoms with Crippen molar-refractivity contribution < 1.29 is 19.1 Å². The normalized spacial score (nSPS) is 26.3. The quantitative estimate of drug-likeness (QED) is 0.726. The van der Waals surface area contributed by atoms with Crippen molar-refractivity contribution in [2.24, 2.45) is 5.92 Å². The van der Waals surface area contributed by atoms with Crippen molar-refractivity contribution in [2.45, 2.75) is 44.7 Å². The number of imide groups is 1. The molecule has 0 aromatic heterocycles. The van der Waals surface area contributed by atoms with E-state index in [0.29, 0.717) is 13.0 Å². The van der Waals surface area contributed by atoms with Gasteiger partial charge in [-0.25, -0.2) is 4.79 Å². The summed E-state index contributed by atoms with van der Waals surface area (Å²) in [5, 5.41) is 2.90. The molecule has 4 rings (SSSR count). The largest absolute Gasteiger partial charge is 0.378 e. The zero-order valence-electron chi connectivity index (χ0n) is 18.4. The van der Waals surface area contributed by atoms with Gasteiger partial charge in [0.25, 0.3) is 5.91 Å². The topological polar surface area (TPSA) is 82.2 Å². The number of likely N-dealkylation sites (N-methyl/N-ethyl adjacent to an activating group) is 1. The molecular formula is C23H32N4O4. The number of anilines is 1. The van der Waals surface area contributed by atoms with Crippen LogP contribution in [0.15, 0.2) is 24.3 Å². The van der Waals surface area contributed by atoms with E-state index in [9.17, 15) is 14.4 Å². The number of morpholine rings is 1. The second-order valence-electron chi connectivity index (χ2n) is 8.96. The Morgan fingerprint density at radius 3 is 2.58 bits per heavy atom. The van der Waals surface area contributed by atoms with Gasteiger partial charge in [0.05, 0.1) is 13.2 Å². The number of nitrogens with zero attached hydrogens (tertiary/aromatic N) is 3. The fraction of sp³-hybridized carbons (Fsp3) is 0.609. The number of carbonyl (C=O) groups excluding carboxylic acids is 3. The number of amides is 4. The van der Waals surface area contributed by atoms with Crippen molar-refractivity contribution >= 4 is 23.5 Å². The zero-order valence-corrected chi connectivity index (χ0v) is 18.4.